The van der Waals surface area contributed by atoms with Crippen molar-refractivity contribution in [1.82, 2.24) is 0 Å². The lowest BCUT2D eigenvalue weighted by Gasteiger charge is -2.13. The lowest BCUT2D eigenvalue weighted by Crippen LogP contribution is -2.06. The van der Waals surface area contributed by atoms with Gasteiger partial charge in [-0.1, -0.05) is 0 Å². The molecule has 136 valence electrons. The molecule has 0 aliphatic rings. The van der Waals surface area contributed by atoms with Crippen LogP contribution in [0.1, 0.15) is 15.9 Å². The monoisotopic (exact) mass is 357 g/mol. The molecular formula is C19H19NO6. The average molecular weight is 357 g/mol. The molecular weight excluding hydrogens is 338 g/mol. The maximum Gasteiger partial charge on any atom is 0.203 e. The summed E-state index contributed by atoms with van der Waals surface area (Å²) in [6, 6.07) is 8.29. The lowest BCUT2D eigenvalue weighted by atomic mass is 10.0. The van der Waals surface area contributed by atoms with Crippen LogP contribution in [0.2, 0.25) is 0 Å². The standard InChI is InChI=1S/C19H19NO6/c1-22-11-5-6-13-12(9-11)16(19(20)26-13)17(21)10-7-14(23-2)18(25-4)15(8-10)24-3/h5-9H,20H2,1-4H3. The molecule has 7 nitrogen and oxygen atoms in total. The van der Waals surface area contributed by atoms with Gasteiger partial charge in [0.25, 0.3) is 0 Å². The minimum absolute atomic E-state index is 0.0343. The maximum absolute atomic E-state index is 13.1. The first kappa shape index (κ1) is 17.5. The molecule has 0 amide bonds. The molecule has 2 N–H and O–H groups in total. The Hall–Kier alpha value is -3.35. The van der Waals surface area contributed by atoms with Crippen molar-refractivity contribution in [1.29, 1.82) is 0 Å². The van der Waals surface area contributed by atoms with Crippen molar-refractivity contribution in [3.8, 4) is 23.0 Å². The van der Waals surface area contributed by atoms with Crippen LogP contribution in [0.25, 0.3) is 11.0 Å². The molecule has 1 heterocycles. The van der Waals surface area contributed by atoms with E-state index >= 15 is 0 Å². The van der Waals surface area contributed by atoms with Gasteiger partial charge in [-0.3, -0.25) is 4.79 Å². The van der Waals surface area contributed by atoms with Crippen LogP contribution in [0, 0.1) is 0 Å². The minimum atomic E-state index is -0.325. The molecule has 0 fully saturated rings. The van der Waals surface area contributed by atoms with Crippen molar-refractivity contribution in [3.63, 3.8) is 0 Å². The molecule has 0 aliphatic carbocycles. The van der Waals surface area contributed by atoms with Crippen LogP contribution in [0.5, 0.6) is 23.0 Å². The molecule has 3 rings (SSSR count). The Labute approximate surface area is 150 Å². The van der Waals surface area contributed by atoms with Crippen LogP contribution in [0.3, 0.4) is 0 Å². The number of hydrogen-bond donors (Lipinski definition) is 1. The Morgan fingerprint density at radius 1 is 0.923 bits per heavy atom. The highest BCUT2D eigenvalue weighted by Gasteiger charge is 2.24. The molecule has 0 saturated heterocycles. The molecule has 0 saturated carbocycles. The van der Waals surface area contributed by atoms with Crippen LogP contribution < -0.4 is 24.7 Å². The topological polar surface area (TPSA) is 93.2 Å². The average Bonchev–Trinajstić information content (AvgIpc) is 3.00. The zero-order valence-electron chi connectivity index (χ0n) is 14.9. The second-order valence-corrected chi connectivity index (χ2v) is 5.45. The first-order chi connectivity index (χ1) is 12.5. The van der Waals surface area contributed by atoms with E-state index in [0.717, 1.165) is 0 Å². The summed E-state index contributed by atoms with van der Waals surface area (Å²) in [6.45, 7) is 0. The number of anilines is 1. The number of carbonyl (C=O) groups is 1. The Bertz CT molecular complexity index is 951. The van der Waals surface area contributed by atoms with Gasteiger partial charge in [0.05, 0.1) is 34.0 Å². The van der Waals surface area contributed by atoms with E-state index < -0.39 is 0 Å². The van der Waals surface area contributed by atoms with Crippen molar-refractivity contribution in [2.24, 2.45) is 0 Å². The van der Waals surface area contributed by atoms with Gasteiger partial charge in [-0.05, 0) is 30.3 Å². The summed E-state index contributed by atoms with van der Waals surface area (Å²) in [5.41, 5.74) is 7.05. The highest BCUT2D eigenvalue weighted by molar-refractivity contribution is 6.19. The maximum atomic E-state index is 13.1. The minimum Gasteiger partial charge on any atom is -0.497 e. The number of ether oxygens (including phenoxy) is 4. The van der Waals surface area contributed by atoms with Gasteiger partial charge in [-0.2, -0.15) is 0 Å². The third-order valence-corrected chi connectivity index (χ3v) is 4.08. The van der Waals surface area contributed by atoms with Crippen LogP contribution in [-0.4, -0.2) is 34.2 Å². The molecule has 0 spiro atoms. The zero-order chi connectivity index (χ0) is 18.8. The van der Waals surface area contributed by atoms with E-state index in [4.69, 9.17) is 29.1 Å². The van der Waals surface area contributed by atoms with E-state index in [1.807, 2.05) is 0 Å². The van der Waals surface area contributed by atoms with Gasteiger partial charge in [-0.25, -0.2) is 0 Å². The molecule has 0 unspecified atom stereocenters. The van der Waals surface area contributed by atoms with Gasteiger partial charge in [0.15, 0.2) is 17.3 Å². The van der Waals surface area contributed by atoms with Crippen LogP contribution in [0.4, 0.5) is 5.88 Å². The van der Waals surface area contributed by atoms with E-state index in [2.05, 4.69) is 0 Å². The van der Waals surface area contributed by atoms with E-state index in [0.29, 0.717) is 39.5 Å². The molecule has 26 heavy (non-hydrogen) atoms. The predicted molar refractivity (Wildman–Crippen MR) is 96.7 cm³/mol. The molecule has 0 atom stereocenters. The molecule has 0 bridgehead atoms. The number of carbonyl (C=O) groups excluding carboxylic acids is 1. The molecule has 0 radical (unpaired) electrons. The van der Waals surface area contributed by atoms with Crippen LogP contribution in [-0.2, 0) is 0 Å². The molecule has 1 aromatic heterocycles. The lowest BCUT2D eigenvalue weighted by molar-refractivity contribution is 0.103. The third kappa shape index (κ3) is 2.77. The van der Waals surface area contributed by atoms with Crippen molar-refractivity contribution < 1.29 is 28.2 Å². The second-order valence-electron chi connectivity index (χ2n) is 5.45. The number of benzene rings is 2. The van der Waals surface area contributed by atoms with Gasteiger partial charge in [0, 0.05) is 10.9 Å². The quantitative estimate of drug-likeness (QED) is 0.677. The number of rotatable bonds is 6. The van der Waals surface area contributed by atoms with Crippen LogP contribution in [0.15, 0.2) is 34.7 Å². The van der Waals surface area contributed by atoms with E-state index in [9.17, 15) is 4.79 Å². The number of nitrogens with two attached hydrogens (primary N) is 1. The summed E-state index contributed by atoms with van der Waals surface area (Å²) in [6.07, 6.45) is 0. The van der Waals surface area contributed by atoms with Crippen molar-refractivity contribution >= 4 is 22.6 Å². The number of nitrogen functional groups attached to an aromatic ring is 1. The van der Waals surface area contributed by atoms with Crippen LogP contribution >= 0.6 is 0 Å². The zero-order valence-corrected chi connectivity index (χ0v) is 14.9. The highest BCUT2D eigenvalue weighted by Crippen LogP contribution is 2.40. The number of furan rings is 1. The summed E-state index contributed by atoms with van der Waals surface area (Å²) in [5.74, 6) is 1.45. The van der Waals surface area contributed by atoms with Gasteiger partial charge in [0.1, 0.15) is 11.3 Å². The van der Waals surface area contributed by atoms with E-state index in [-0.39, 0.29) is 17.2 Å². The smallest absolute Gasteiger partial charge is 0.203 e. The SMILES string of the molecule is COc1ccc2oc(N)c(C(=O)c3cc(OC)c(OC)c(OC)c3)c2c1. The highest BCUT2D eigenvalue weighted by atomic mass is 16.5. The Balaban J connectivity index is 2.18. The fourth-order valence-electron chi connectivity index (χ4n) is 2.81. The first-order valence-electron chi connectivity index (χ1n) is 7.74. The number of ketones is 1. The van der Waals surface area contributed by atoms with Gasteiger partial charge in [0.2, 0.25) is 11.6 Å². The fraction of sp³-hybridized carbons (Fsp3) is 0.211. The largest absolute Gasteiger partial charge is 0.497 e. The fourth-order valence-corrected chi connectivity index (χ4v) is 2.81. The normalized spacial score (nSPS) is 10.6. The van der Waals surface area contributed by atoms with Gasteiger partial charge >= 0.3 is 0 Å². The Morgan fingerprint density at radius 3 is 2.12 bits per heavy atom. The first-order valence-corrected chi connectivity index (χ1v) is 7.74. The number of methoxy groups -OCH3 is 4. The number of hydrogen-bond acceptors (Lipinski definition) is 7. The summed E-state index contributed by atoms with van der Waals surface area (Å²) in [7, 11) is 6.01. The molecule has 7 heteroatoms. The Morgan fingerprint density at radius 2 is 1.58 bits per heavy atom. The summed E-state index contributed by atoms with van der Waals surface area (Å²) in [4.78, 5) is 13.1. The van der Waals surface area contributed by atoms with Crippen molar-refractivity contribution in [3.05, 3.63) is 41.5 Å². The molecule has 3 aromatic rings. The van der Waals surface area contributed by atoms with Gasteiger partial charge in [-0.15, -0.1) is 0 Å². The van der Waals surface area contributed by atoms with E-state index in [1.54, 1.807) is 37.4 Å². The second kappa shape index (κ2) is 6.87. The third-order valence-electron chi connectivity index (χ3n) is 4.08. The van der Waals surface area contributed by atoms with Crippen molar-refractivity contribution in [2.45, 2.75) is 0 Å². The summed E-state index contributed by atoms with van der Waals surface area (Å²) >= 11 is 0. The predicted octanol–water partition coefficient (Wildman–Crippen LogP) is 3.28. The molecule has 0 aliphatic heterocycles. The van der Waals surface area contributed by atoms with Gasteiger partial charge < -0.3 is 29.1 Å². The van der Waals surface area contributed by atoms with E-state index in [1.165, 1.54) is 21.3 Å². The molecule has 2 aromatic carbocycles. The Kier molecular flexibility index (Phi) is 4.62. The summed E-state index contributed by atoms with van der Waals surface area (Å²) in [5, 5.41) is 0.570. The number of fused-ring (bicyclic) bond motifs is 1. The summed E-state index contributed by atoms with van der Waals surface area (Å²) < 4.78 is 26.6. The van der Waals surface area contributed by atoms with Crippen molar-refractivity contribution in [2.75, 3.05) is 34.2 Å².